The fraction of sp³-hybridized carbons (Fsp3) is 0.250. The first-order chi connectivity index (χ1) is 12.2. The van der Waals surface area contributed by atoms with Gasteiger partial charge in [0.15, 0.2) is 5.82 Å². The van der Waals surface area contributed by atoms with E-state index in [2.05, 4.69) is 33.2 Å². The number of fused-ring (bicyclic) bond motifs is 1. The molecule has 5 heteroatoms. The molecule has 0 spiro atoms. The van der Waals surface area contributed by atoms with Gasteiger partial charge in [-0.05, 0) is 43.0 Å². The van der Waals surface area contributed by atoms with E-state index in [9.17, 15) is 0 Å². The van der Waals surface area contributed by atoms with Crippen LogP contribution in [0.3, 0.4) is 0 Å². The predicted molar refractivity (Wildman–Crippen MR) is 105 cm³/mol. The number of halogens is 1. The van der Waals surface area contributed by atoms with Gasteiger partial charge in [-0.3, -0.25) is 0 Å². The predicted octanol–water partition coefficient (Wildman–Crippen LogP) is 5.32. The molecule has 1 aliphatic rings. The van der Waals surface area contributed by atoms with E-state index in [1.54, 1.807) is 0 Å². The minimum absolute atomic E-state index is 0.693. The number of benzene rings is 1. The Morgan fingerprint density at radius 1 is 1.32 bits per heavy atom. The summed E-state index contributed by atoms with van der Waals surface area (Å²) in [6, 6.07) is 9.68. The number of anilines is 2. The molecule has 0 amide bonds. The van der Waals surface area contributed by atoms with Crippen molar-refractivity contribution in [2.45, 2.75) is 19.3 Å². The molecule has 4 nitrogen and oxygen atoms in total. The second kappa shape index (κ2) is 6.81. The van der Waals surface area contributed by atoms with Crippen molar-refractivity contribution in [1.29, 1.82) is 0 Å². The lowest BCUT2D eigenvalue weighted by Gasteiger charge is -2.26. The zero-order valence-corrected chi connectivity index (χ0v) is 14.7. The standard InChI is InChI=1S/C20H21ClN4/c1-13(23-11-14-4-2-5-14)18-12-24-20(19-17(18)8-9-22-19)25-16-7-3-6-15(21)10-16/h3,6-10,12,14,22-23H,1-2,4-5,11H2,(H,24,25). The van der Waals surface area contributed by atoms with Gasteiger partial charge in [-0.25, -0.2) is 4.98 Å². The van der Waals surface area contributed by atoms with Crippen molar-refractivity contribution >= 4 is 39.7 Å². The van der Waals surface area contributed by atoms with Crippen LogP contribution in [-0.4, -0.2) is 16.5 Å². The van der Waals surface area contributed by atoms with Gasteiger partial charge >= 0.3 is 0 Å². The van der Waals surface area contributed by atoms with Crippen LogP contribution >= 0.6 is 11.6 Å². The Bertz CT molecular complexity index is 911. The van der Waals surface area contributed by atoms with Crippen molar-refractivity contribution in [1.82, 2.24) is 15.3 Å². The average molecular weight is 353 g/mol. The van der Waals surface area contributed by atoms with Crippen molar-refractivity contribution in [2.75, 3.05) is 11.9 Å². The van der Waals surface area contributed by atoms with Crippen molar-refractivity contribution in [2.24, 2.45) is 5.92 Å². The minimum Gasteiger partial charge on any atom is -0.385 e. The highest BCUT2D eigenvalue weighted by Crippen LogP contribution is 2.30. The Balaban J connectivity index is 1.58. The largest absolute Gasteiger partial charge is 0.385 e. The molecule has 0 saturated heterocycles. The van der Waals surface area contributed by atoms with Crippen LogP contribution in [0.15, 0.2) is 49.3 Å². The smallest absolute Gasteiger partial charge is 0.154 e. The summed E-state index contributed by atoms with van der Waals surface area (Å²) in [6.45, 7) is 5.20. The van der Waals surface area contributed by atoms with Gasteiger partial charge in [0.25, 0.3) is 0 Å². The molecule has 3 aromatic rings. The maximum absolute atomic E-state index is 6.06. The first-order valence-corrected chi connectivity index (χ1v) is 9.00. The number of aromatic nitrogens is 2. The summed E-state index contributed by atoms with van der Waals surface area (Å²) in [6.07, 6.45) is 7.80. The molecule has 0 aliphatic heterocycles. The molecule has 1 saturated carbocycles. The lowest BCUT2D eigenvalue weighted by molar-refractivity contribution is 0.314. The molecule has 2 heterocycles. The second-order valence-corrected chi connectivity index (χ2v) is 7.01. The number of H-pyrrole nitrogens is 1. The monoisotopic (exact) mass is 352 g/mol. The van der Waals surface area contributed by atoms with Crippen LogP contribution < -0.4 is 10.6 Å². The molecule has 1 aliphatic carbocycles. The third-order valence-electron chi connectivity index (χ3n) is 4.84. The van der Waals surface area contributed by atoms with Crippen LogP contribution in [0.4, 0.5) is 11.5 Å². The molecule has 1 aromatic carbocycles. The van der Waals surface area contributed by atoms with Gasteiger partial charge in [-0.15, -0.1) is 0 Å². The van der Waals surface area contributed by atoms with E-state index in [1.165, 1.54) is 19.3 Å². The van der Waals surface area contributed by atoms with E-state index in [0.717, 1.165) is 46.1 Å². The summed E-state index contributed by atoms with van der Waals surface area (Å²) < 4.78 is 0. The SMILES string of the molecule is C=C(NCC1CCC1)c1cnc(Nc2cccc(Cl)c2)c2[nH]ccc12. The van der Waals surface area contributed by atoms with Crippen molar-refractivity contribution < 1.29 is 0 Å². The molecular formula is C20H21ClN4. The number of nitrogens with zero attached hydrogens (tertiary/aromatic N) is 1. The summed E-state index contributed by atoms with van der Waals surface area (Å²) in [4.78, 5) is 7.88. The van der Waals surface area contributed by atoms with Gasteiger partial charge in [-0.2, -0.15) is 0 Å². The number of aromatic amines is 1. The maximum Gasteiger partial charge on any atom is 0.154 e. The first-order valence-electron chi connectivity index (χ1n) is 8.62. The molecular weight excluding hydrogens is 332 g/mol. The molecule has 1 fully saturated rings. The van der Waals surface area contributed by atoms with Gasteiger partial charge in [-0.1, -0.05) is 30.7 Å². The molecule has 0 atom stereocenters. The number of hydrogen-bond acceptors (Lipinski definition) is 3. The van der Waals surface area contributed by atoms with Crippen molar-refractivity contribution in [3.8, 4) is 0 Å². The minimum atomic E-state index is 0.693. The van der Waals surface area contributed by atoms with Crippen LogP contribution in [0, 0.1) is 5.92 Å². The highest BCUT2D eigenvalue weighted by atomic mass is 35.5. The van der Waals surface area contributed by atoms with Crippen molar-refractivity contribution in [3.63, 3.8) is 0 Å². The van der Waals surface area contributed by atoms with Gasteiger partial charge in [0.2, 0.25) is 0 Å². The van der Waals surface area contributed by atoms with Gasteiger partial charge in [0.05, 0.1) is 5.52 Å². The van der Waals surface area contributed by atoms with Gasteiger partial charge < -0.3 is 15.6 Å². The van der Waals surface area contributed by atoms with E-state index in [0.29, 0.717) is 5.02 Å². The normalized spacial score (nSPS) is 14.3. The lowest BCUT2D eigenvalue weighted by atomic mass is 9.85. The second-order valence-electron chi connectivity index (χ2n) is 6.58. The average Bonchev–Trinajstić information content (AvgIpc) is 3.03. The number of nitrogens with one attached hydrogen (secondary N) is 3. The Kier molecular flexibility index (Phi) is 4.36. The van der Waals surface area contributed by atoms with Crippen LogP contribution in [0.1, 0.15) is 24.8 Å². The van der Waals surface area contributed by atoms with Gasteiger partial charge in [0, 0.05) is 46.3 Å². The maximum atomic E-state index is 6.06. The summed E-state index contributed by atoms with van der Waals surface area (Å²) in [5.74, 6) is 1.56. The van der Waals surface area contributed by atoms with E-state index in [1.807, 2.05) is 36.7 Å². The molecule has 3 N–H and O–H groups in total. The molecule has 0 bridgehead atoms. The van der Waals surface area contributed by atoms with Crippen LogP contribution in [0.5, 0.6) is 0 Å². The number of rotatable bonds is 6. The zero-order valence-electron chi connectivity index (χ0n) is 14.0. The number of hydrogen-bond donors (Lipinski definition) is 3. The van der Waals surface area contributed by atoms with Crippen LogP contribution in [-0.2, 0) is 0 Å². The Morgan fingerprint density at radius 3 is 2.96 bits per heavy atom. The zero-order chi connectivity index (χ0) is 17.2. The Hall–Kier alpha value is -2.46. The summed E-state index contributed by atoms with van der Waals surface area (Å²) >= 11 is 6.06. The molecule has 25 heavy (non-hydrogen) atoms. The molecule has 2 aromatic heterocycles. The van der Waals surface area contributed by atoms with E-state index in [-0.39, 0.29) is 0 Å². The fourth-order valence-corrected chi connectivity index (χ4v) is 3.34. The lowest BCUT2D eigenvalue weighted by Crippen LogP contribution is -2.26. The summed E-state index contributed by atoms with van der Waals surface area (Å²) in [7, 11) is 0. The molecule has 0 unspecified atom stereocenters. The molecule has 4 rings (SSSR count). The van der Waals surface area contributed by atoms with E-state index >= 15 is 0 Å². The topological polar surface area (TPSA) is 52.7 Å². The first kappa shape index (κ1) is 16.0. The highest BCUT2D eigenvalue weighted by molar-refractivity contribution is 6.30. The van der Waals surface area contributed by atoms with Crippen molar-refractivity contribution in [3.05, 3.63) is 59.9 Å². The Labute approximate surface area is 152 Å². The van der Waals surface area contributed by atoms with E-state index < -0.39 is 0 Å². The van der Waals surface area contributed by atoms with E-state index in [4.69, 9.17) is 11.6 Å². The fourth-order valence-electron chi connectivity index (χ4n) is 3.15. The number of pyridine rings is 1. The van der Waals surface area contributed by atoms with Crippen LogP contribution in [0.25, 0.3) is 16.6 Å². The Morgan fingerprint density at radius 2 is 2.20 bits per heavy atom. The summed E-state index contributed by atoms with van der Waals surface area (Å²) in [5, 5.41) is 8.60. The summed E-state index contributed by atoms with van der Waals surface area (Å²) in [5.41, 5.74) is 3.83. The third kappa shape index (κ3) is 3.35. The third-order valence-corrected chi connectivity index (χ3v) is 5.07. The highest BCUT2D eigenvalue weighted by Gasteiger charge is 2.18. The quantitative estimate of drug-likeness (QED) is 0.562. The molecule has 0 radical (unpaired) electrons. The molecule has 128 valence electrons. The van der Waals surface area contributed by atoms with Gasteiger partial charge in [0.1, 0.15) is 0 Å². The van der Waals surface area contributed by atoms with Crippen LogP contribution in [0.2, 0.25) is 5.02 Å².